The molecule has 1 aromatic carbocycles. The number of nitrogens with one attached hydrogen (secondary N) is 1. The smallest absolute Gasteiger partial charge is 0.162 e. The van der Waals surface area contributed by atoms with Crippen molar-refractivity contribution in [2.24, 2.45) is 5.92 Å². The summed E-state index contributed by atoms with van der Waals surface area (Å²) in [4.78, 5) is 10.3. The standard InChI is InChI=1S/C11H10N2O2/c14-13(15)12-11-4-2-1-3-10(11)8-7-9-5-6-9/h1-4,9,12H,5-6H2. The van der Waals surface area contributed by atoms with Crippen LogP contribution in [0.15, 0.2) is 24.3 Å². The largest absolute Gasteiger partial charge is 0.235 e. The van der Waals surface area contributed by atoms with Gasteiger partial charge in [0.25, 0.3) is 0 Å². The molecule has 0 aromatic heterocycles. The average molecular weight is 202 g/mol. The van der Waals surface area contributed by atoms with E-state index in [1.807, 2.05) is 6.07 Å². The third-order valence-corrected chi connectivity index (χ3v) is 2.13. The number of hydrogen-bond acceptors (Lipinski definition) is 2. The van der Waals surface area contributed by atoms with Crippen LogP contribution in [0.25, 0.3) is 0 Å². The molecular weight excluding hydrogens is 192 g/mol. The number of benzene rings is 1. The van der Waals surface area contributed by atoms with E-state index >= 15 is 0 Å². The number of anilines is 1. The van der Waals surface area contributed by atoms with Gasteiger partial charge in [-0.15, -0.1) is 5.43 Å². The molecule has 1 fully saturated rings. The summed E-state index contributed by atoms with van der Waals surface area (Å²) in [5.74, 6) is 6.53. The third kappa shape index (κ3) is 2.71. The Bertz CT molecular complexity index is 441. The van der Waals surface area contributed by atoms with Crippen molar-refractivity contribution in [3.8, 4) is 11.8 Å². The highest BCUT2D eigenvalue weighted by Gasteiger charge is 2.17. The Kier molecular flexibility index (Phi) is 2.55. The molecule has 1 N–H and O–H groups in total. The SMILES string of the molecule is O=[N+]([O-])Nc1ccccc1C#CC1CC1. The summed E-state index contributed by atoms with van der Waals surface area (Å²) in [7, 11) is 0. The van der Waals surface area contributed by atoms with Crippen molar-refractivity contribution in [1.82, 2.24) is 0 Å². The topological polar surface area (TPSA) is 55.2 Å². The first-order valence-corrected chi connectivity index (χ1v) is 4.77. The van der Waals surface area contributed by atoms with Crippen LogP contribution in [0.4, 0.5) is 5.69 Å². The van der Waals surface area contributed by atoms with Crippen molar-refractivity contribution in [3.05, 3.63) is 39.9 Å². The molecule has 76 valence electrons. The minimum Gasteiger partial charge on any atom is -0.235 e. The van der Waals surface area contributed by atoms with Gasteiger partial charge in [0.2, 0.25) is 0 Å². The van der Waals surface area contributed by atoms with Gasteiger partial charge in [-0.05, 0) is 25.0 Å². The van der Waals surface area contributed by atoms with E-state index in [9.17, 15) is 10.1 Å². The third-order valence-electron chi connectivity index (χ3n) is 2.13. The normalized spacial score (nSPS) is 13.9. The first-order valence-electron chi connectivity index (χ1n) is 4.77. The van der Waals surface area contributed by atoms with Gasteiger partial charge in [-0.25, -0.2) is 10.1 Å². The molecule has 0 bridgehead atoms. The predicted octanol–water partition coefficient (Wildman–Crippen LogP) is 2.05. The monoisotopic (exact) mass is 202 g/mol. The number of nitrogens with zero attached hydrogens (tertiary/aromatic N) is 1. The molecule has 1 aliphatic carbocycles. The zero-order valence-electron chi connectivity index (χ0n) is 8.06. The second kappa shape index (κ2) is 4.01. The van der Waals surface area contributed by atoms with E-state index < -0.39 is 5.03 Å². The molecule has 1 aliphatic rings. The Balaban J connectivity index is 2.21. The quantitative estimate of drug-likeness (QED) is 0.453. The van der Waals surface area contributed by atoms with Crippen LogP contribution in [-0.4, -0.2) is 5.03 Å². The lowest BCUT2D eigenvalue weighted by molar-refractivity contribution is -0.445. The summed E-state index contributed by atoms with van der Waals surface area (Å²) in [5.41, 5.74) is 3.27. The molecule has 15 heavy (non-hydrogen) atoms. The zero-order chi connectivity index (χ0) is 10.7. The Morgan fingerprint density at radius 2 is 2.13 bits per heavy atom. The van der Waals surface area contributed by atoms with Gasteiger partial charge in [0.1, 0.15) is 5.69 Å². The number of nitro groups is 1. The molecule has 0 heterocycles. The van der Waals surface area contributed by atoms with Crippen molar-refractivity contribution < 1.29 is 5.03 Å². The first-order chi connectivity index (χ1) is 7.25. The van der Waals surface area contributed by atoms with Gasteiger partial charge in [0.05, 0.1) is 5.56 Å². The van der Waals surface area contributed by atoms with Crippen LogP contribution in [0.3, 0.4) is 0 Å². The maximum atomic E-state index is 10.3. The Morgan fingerprint density at radius 1 is 1.40 bits per heavy atom. The van der Waals surface area contributed by atoms with Crippen LogP contribution in [-0.2, 0) is 0 Å². The summed E-state index contributed by atoms with van der Waals surface area (Å²) < 4.78 is 0. The lowest BCUT2D eigenvalue weighted by Crippen LogP contribution is -2.08. The highest BCUT2D eigenvalue weighted by Crippen LogP contribution is 2.27. The maximum absolute atomic E-state index is 10.3. The van der Waals surface area contributed by atoms with Gasteiger partial charge in [-0.3, -0.25) is 0 Å². The Labute approximate surface area is 87.4 Å². The Hall–Kier alpha value is -2.02. The second-order valence-corrected chi connectivity index (χ2v) is 3.46. The van der Waals surface area contributed by atoms with E-state index in [0.717, 1.165) is 12.8 Å². The van der Waals surface area contributed by atoms with E-state index in [-0.39, 0.29) is 0 Å². The molecule has 0 unspecified atom stereocenters. The lowest BCUT2D eigenvalue weighted by atomic mass is 10.2. The minimum atomic E-state index is -0.572. The van der Waals surface area contributed by atoms with Crippen molar-refractivity contribution in [3.63, 3.8) is 0 Å². The highest BCUT2D eigenvalue weighted by molar-refractivity contribution is 5.57. The van der Waals surface area contributed by atoms with Gasteiger partial charge in [0, 0.05) is 5.92 Å². The van der Waals surface area contributed by atoms with Gasteiger partial charge >= 0.3 is 0 Å². The molecule has 1 aromatic rings. The summed E-state index contributed by atoms with van der Waals surface area (Å²) in [6, 6.07) is 7.00. The molecule has 0 spiro atoms. The molecule has 0 radical (unpaired) electrons. The lowest BCUT2D eigenvalue weighted by Gasteiger charge is -1.99. The molecule has 4 nitrogen and oxygen atoms in total. The second-order valence-electron chi connectivity index (χ2n) is 3.46. The van der Waals surface area contributed by atoms with Crippen LogP contribution >= 0.6 is 0 Å². The molecule has 0 aliphatic heterocycles. The molecule has 0 saturated heterocycles. The number of hydrogen-bond donors (Lipinski definition) is 1. The average Bonchev–Trinajstić information content (AvgIpc) is 2.99. The first kappa shape index (κ1) is 9.53. The highest BCUT2D eigenvalue weighted by atomic mass is 16.7. The van der Waals surface area contributed by atoms with Crippen molar-refractivity contribution in [2.75, 3.05) is 5.43 Å². The molecule has 0 atom stereocenters. The van der Waals surface area contributed by atoms with Crippen molar-refractivity contribution in [1.29, 1.82) is 0 Å². The van der Waals surface area contributed by atoms with E-state index in [1.165, 1.54) is 0 Å². The summed E-state index contributed by atoms with van der Waals surface area (Å²) in [6.07, 6.45) is 2.30. The van der Waals surface area contributed by atoms with Gasteiger partial charge < -0.3 is 0 Å². The van der Waals surface area contributed by atoms with E-state index in [2.05, 4.69) is 17.3 Å². The summed E-state index contributed by atoms with van der Waals surface area (Å²) in [6.45, 7) is 0. The minimum absolute atomic E-state index is 0.454. The summed E-state index contributed by atoms with van der Waals surface area (Å²) in [5, 5.41) is 9.75. The van der Waals surface area contributed by atoms with Gasteiger partial charge in [-0.1, -0.05) is 24.0 Å². The van der Waals surface area contributed by atoms with Gasteiger partial charge in [0.15, 0.2) is 5.03 Å². The van der Waals surface area contributed by atoms with Crippen LogP contribution < -0.4 is 5.43 Å². The maximum Gasteiger partial charge on any atom is 0.162 e. The van der Waals surface area contributed by atoms with Crippen LogP contribution in [0.1, 0.15) is 18.4 Å². The molecule has 2 rings (SSSR count). The fourth-order valence-electron chi connectivity index (χ4n) is 1.20. The van der Waals surface area contributed by atoms with Crippen molar-refractivity contribution >= 4 is 5.69 Å². The number of para-hydroxylation sites is 1. The fourth-order valence-corrected chi connectivity index (χ4v) is 1.20. The molecule has 1 saturated carbocycles. The Morgan fingerprint density at radius 3 is 2.80 bits per heavy atom. The van der Waals surface area contributed by atoms with Gasteiger partial charge in [-0.2, -0.15) is 0 Å². The fraction of sp³-hybridized carbons (Fsp3) is 0.273. The summed E-state index contributed by atoms with van der Waals surface area (Å²) >= 11 is 0. The van der Waals surface area contributed by atoms with Crippen LogP contribution in [0, 0.1) is 27.9 Å². The molecule has 4 heteroatoms. The van der Waals surface area contributed by atoms with E-state index in [4.69, 9.17) is 0 Å². The zero-order valence-corrected chi connectivity index (χ0v) is 8.06. The van der Waals surface area contributed by atoms with Crippen LogP contribution in [0.2, 0.25) is 0 Å². The number of hydrazine groups is 1. The van der Waals surface area contributed by atoms with Crippen LogP contribution in [0.5, 0.6) is 0 Å². The van der Waals surface area contributed by atoms with E-state index in [1.54, 1.807) is 18.2 Å². The molecular formula is C11H10N2O2. The van der Waals surface area contributed by atoms with Crippen molar-refractivity contribution in [2.45, 2.75) is 12.8 Å². The van der Waals surface area contributed by atoms with E-state index in [0.29, 0.717) is 17.2 Å². The predicted molar refractivity (Wildman–Crippen MR) is 56.7 cm³/mol. The molecule has 0 amide bonds. The number of rotatable bonds is 2.